The van der Waals surface area contributed by atoms with E-state index in [0.29, 0.717) is 0 Å². The van der Waals surface area contributed by atoms with Crippen molar-refractivity contribution in [2.75, 3.05) is 12.4 Å². The average Bonchev–Trinajstić information content (AvgIpc) is 3.06. The van der Waals surface area contributed by atoms with Crippen molar-refractivity contribution < 1.29 is 4.74 Å². The number of imidazole rings is 1. The van der Waals surface area contributed by atoms with Crippen LogP contribution in [0.15, 0.2) is 60.9 Å². The van der Waals surface area contributed by atoms with Crippen molar-refractivity contribution in [1.29, 1.82) is 0 Å². The van der Waals surface area contributed by atoms with Gasteiger partial charge in [0.2, 0.25) is 0 Å². The van der Waals surface area contributed by atoms with Crippen molar-refractivity contribution >= 4 is 28.2 Å². The van der Waals surface area contributed by atoms with Gasteiger partial charge in [0.05, 0.1) is 18.1 Å². The van der Waals surface area contributed by atoms with Gasteiger partial charge in [-0.15, -0.1) is 0 Å². The molecule has 2 aromatic heterocycles. The van der Waals surface area contributed by atoms with Crippen LogP contribution in [-0.4, -0.2) is 21.5 Å². The highest BCUT2D eigenvalue weighted by molar-refractivity contribution is 5.84. The summed E-state index contributed by atoms with van der Waals surface area (Å²) in [6.07, 6.45) is 3.72. The number of aromatic nitrogens is 3. The summed E-state index contributed by atoms with van der Waals surface area (Å²) in [7, 11) is 1.65. The van der Waals surface area contributed by atoms with Crippen LogP contribution in [0, 0.1) is 0 Å². The molecule has 2 aromatic carbocycles. The first-order valence-electron chi connectivity index (χ1n) is 6.98. The molecule has 0 unspecified atom stereocenters. The Bertz CT molecular complexity index is 944. The zero-order chi connectivity index (χ0) is 14.9. The van der Waals surface area contributed by atoms with E-state index in [4.69, 9.17) is 4.74 Å². The third kappa shape index (κ3) is 2.03. The summed E-state index contributed by atoms with van der Waals surface area (Å²) in [5, 5.41) is 3.33. The molecule has 0 bridgehead atoms. The van der Waals surface area contributed by atoms with E-state index in [-0.39, 0.29) is 0 Å². The predicted octanol–water partition coefficient (Wildman–Crippen LogP) is 3.63. The van der Waals surface area contributed by atoms with E-state index in [9.17, 15) is 0 Å². The van der Waals surface area contributed by atoms with Gasteiger partial charge in [-0.1, -0.05) is 12.1 Å². The lowest BCUT2D eigenvalue weighted by atomic mass is 10.3. The van der Waals surface area contributed by atoms with Crippen molar-refractivity contribution in [2.45, 2.75) is 0 Å². The summed E-state index contributed by atoms with van der Waals surface area (Å²) >= 11 is 0. The molecule has 22 heavy (non-hydrogen) atoms. The molecule has 2 heterocycles. The average molecular weight is 290 g/mol. The molecule has 5 heteroatoms. The monoisotopic (exact) mass is 290 g/mol. The van der Waals surface area contributed by atoms with Crippen LogP contribution in [0.4, 0.5) is 11.5 Å². The molecule has 0 aliphatic heterocycles. The van der Waals surface area contributed by atoms with Crippen LogP contribution in [0.2, 0.25) is 0 Å². The van der Waals surface area contributed by atoms with Gasteiger partial charge in [0.15, 0.2) is 11.5 Å². The standard InChI is InChI=1S/C17H14N4O/c1-22-13-8-6-12(7-9-13)19-16-17-18-10-11-21(17)15-5-3-2-4-14(15)20-16/h2-11H,1H3,(H,19,20). The lowest BCUT2D eigenvalue weighted by Gasteiger charge is -2.10. The molecule has 0 aliphatic rings. The van der Waals surface area contributed by atoms with E-state index >= 15 is 0 Å². The van der Waals surface area contributed by atoms with Crippen LogP contribution in [0.3, 0.4) is 0 Å². The van der Waals surface area contributed by atoms with E-state index in [0.717, 1.165) is 33.9 Å². The number of anilines is 2. The fraction of sp³-hybridized carbons (Fsp3) is 0.0588. The number of ether oxygens (including phenoxy) is 1. The minimum absolute atomic E-state index is 0.730. The summed E-state index contributed by atoms with van der Waals surface area (Å²) in [4.78, 5) is 9.10. The van der Waals surface area contributed by atoms with E-state index in [1.54, 1.807) is 13.3 Å². The molecular formula is C17H14N4O. The Morgan fingerprint density at radius 1 is 1.05 bits per heavy atom. The minimum atomic E-state index is 0.730. The Morgan fingerprint density at radius 2 is 1.86 bits per heavy atom. The second kappa shape index (κ2) is 5.04. The predicted molar refractivity (Wildman–Crippen MR) is 86.8 cm³/mol. The Kier molecular flexibility index (Phi) is 2.89. The number of hydrogen-bond acceptors (Lipinski definition) is 4. The number of methoxy groups -OCH3 is 1. The number of nitrogens with zero attached hydrogens (tertiary/aromatic N) is 3. The second-order valence-corrected chi connectivity index (χ2v) is 4.92. The van der Waals surface area contributed by atoms with Crippen molar-refractivity contribution in [3.8, 4) is 5.75 Å². The van der Waals surface area contributed by atoms with Crippen molar-refractivity contribution in [1.82, 2.24) is 14.4 Å². The lowest BCUT2D eigenvalue weighted by molar-refractivity contribution is 0.415. The normalized spacial score (nSPS) is 11.0. The zero-order valence-electron chi connectivity index (χ0n) is 12.0. The molecule has 0 spiro atoms. The molecule has 0 fully saturated rings. The summed E-state index contributed by atoms with van der Waals surface area (Å²) in [6, 6.07) is 15.7. The third-order valence-electron chi connectivity index (χ3n) is 3.58. The van der Waals surface area contributed by atoms with Crippen molar-refractivity contribution in [2.24, 2.45) is 0 Å². The van der Waals surface area contributed by atoms with Gasteiger partial charge in [-0.25, -0.2) is 9.97 Å². The smallest absolute Gasteiger partial charge is 0.180 e. The highest BCUT2D eigenvalue weighted by atomic mass is 16.5. The maximum atomic E-state index is 5.18. The molecule has 0 radical (unpaired) electrons. The second-order valence-electron chi connectivity index (χ2n) is 4.92. The van der Waals surface area contributed by atoms with Crippen LogP contribution < -0.4 is 10.1 Å². The van der Waals surface area contributed by atoms with Crippen molar-refractivity contribution in [3.63, 3.8) is 0 Å². The molecule has 0 amide bonds. The Morgan fingerprint density at radius 3 is 2.68 bits per heavy atom. The van der Waals surface area contributed by atoms with E-state index in [1.807, 2.05) is 59.1 Å². The SMILES string of the molecule is COc1ccc(Nc2nc3ccccc3n3ccnc23)cc1. The van der Waals surface area contributed by atoms with Crippen LogP contribution in [0.5, 0.6) is 5.75 Å². The fourth-order valence-electron chi connectivity index (χ4n) is 2.50. The number of para-hydroxylation sites is 2. The highest BCUT2D eigenvalue weighted by Crippen LogP contribution is 2.24. The molecule has 108 valence electrons. The molecule has 4 aromatic rings. The van der Waals surface area contributed by atoms with Crippen LogP contribution >= 0.6 is 0 Å². The van der Waals surface area contributed by atoms with E-state index in [2.05, 4.69) is 15.3 Å². The van der Waals surface area contributed by atoms with Gasteiger partial charge >= 0.3 is 0 Å². The quantitative estimate of drug-likeness (QED) is 0.626. The zero-order valence-corrected chi connectivity index (χ0v) is 12.0. The molecule has 1 N–H and O–H groups in total. The highest BCUT2D eigenvalue weighted by Gasteiger charge is 2.09. The van der Waals surface area contributed by atoms with Gasteiger partial charge in [0.25, 0.3) is 0 Å². The van der Waals surface area contributed by atoms with Gasteiger partial charge in [0, 0.05) is 18.1 Å². The maximum Gasteiger partial charge on any atom is 0.180 e. The van der Waals surface area contributed by atoms with E-state index in [1.165, 1.54) is 0 Å². The van der Waals surface area contributed by atoms with Gasteiger partial charge in [0.1, 0.15) is 5.75 Å². The van der Waals surface area contributed by atoms with Crippen LogP contribution in [-0.2, 0) is 0 Å². The van der Waals surface area contributed by atoms with Gasteiger partial charge in [-0.2, -0.15) is 0 Å². The summed E-state index contributed by atoms with van der Waals surface area (Å²) < 4.78 is 7.21. The molecule has 5 nitrogen and oxygen atoms in total. The minimum Gasteiger partial charge on any atom is -0.497 e. The molecular weight excluding hydrogens is 276 g/mol. The summed E-state index contributed by atoms with van der Waals surface area (Å²) in [5.41, 5.74) is 3.70. The van der Waals surface area contributed by atoms with Gasteiger partial charge in [-0.05, 0) is 36.4 Å². The number of nitrogens with one attached hydrogen (secondary N) is 1. The Hall–Kier alpha value is -3.08. The first-order chi connectivity index (χ1) is 10.8. The number of hydrogen-bond donors (Lipinski definition) is 1. The molecule has 0 saturated heterocycles. The molecule has 4 rings (SSSR count). The first-order valence-corrected chi connectivity index (χ1v) is 6.98. The maximum absolute atomic E-state index is 5.18. The van der Waals surface area contributed by atoms with Crippen LogP contribution in [0.1, 0.15) is 0 Å². The Labute approximate surface area is 127 Å². The lowest BCUT2D eigenvalue weighted by Crippen LogP contribution is -1.99. The molecule has 0 aliphatic carbocycles. The van der Waals surface area contributed by atoms with Crippen LogP contribution in [0.25, 0.3) is 16.7 Å². The first kappa shape index (κ1) is 12.6. The van der Waals surface area contributed by atoms with Gasteiger partial charge < -0.3 is 10.1 Å². The third-order valence-corrected chi connectivity index (χ3v) is 3.58. The van der Waals surface area contributed by atoms with E-state index < -0.39 is 0 Å². The van der Waals surface area contributed by atoms with Crippen molar-refractivity contribution in [3.05, 3.63) is 60.9 Å². The number of benzene rings is 2. The largest absolute Gasteiger partial charge is 0.497 e. The summed E-state index contributed by atoms with van der Waals surface area (Å²) in [6.45, 7) is 0. The molecule has 0 saturated carbocycles. The number of fused-ring (bicyclic) bond motifs is 3. The van der Waals surface area contributed by atoms with Gasteiger partial charge in [-0.3, -0.25) is 4.40 Å². The fourth-order valence-corrected chi connectivity index (χ4v) is 2.50. The molecule has 0 atom stereocenters. The topological polar surface area (TPSA) is 51.5 Å². The Balaban J connectivity index is 1.83. The number of rotatable bonds is 3. The summed E-state index contributed by atoms with van der Waals surface area (Å²) in [5.74, 6) is 1.55.